The molecular weight excluding hydrogens is 465 g/mol. The van der Waals surface area contributed by atoms with Gasteiger partial charge in [-0.05, 0) is 56.7 Å². The Hall–Kier alpha value is -2.67. The number of carbonyl (C=O) groups is 1. The van der Waals surface area contributed by atoms with Crippen LogP contribution in [0.15, 0.2) is 32.7 Å². The fourth-order valence-corrected chi connectivity index (χ4v) is 5.52. The number of alkyl halides is 3. The van der Waals surface area contributed by atoms with Gasteiger partial charge in [-0.1, -0.05) is 0 Å². The topological polar surface area (TPSA) is 119 Å². The van der Waals surface area contributed by atoms with Crippen LogP contribution in [0.5, 0.6) is 0 Å². The third-order valence-corrected chi connectivity index (χ3v) is 8.41. The van der Waals surface area contributed by atoms with E-state index in [4.69, 9.17) is 0 Å². The van der Waals surface area contributed by atoms with Gasteiger partial charge < -0.3 is 0 Å². The molecule has 2 N–H and O–H groups in total. The predicted molar refractivity (Wildman–Crippen MR) is 111 cm³/mol. The minimum absolute atomic E-state index is 0.148. The fraction of sp³-hybridized carbons (Fsp3) is 0.550. The van der Waals surface area contributed by atoms with Crippen molar-refractivity contribution in [3.05, 3.63) is 39.0 Å². The molecule has 0 spiro atoms. The normalized spacial score (nSPS) is 24.9. The van der Waals surface area contributed by atoms with Crippen LogP contribution in [0.3, 0.4) is 0 Å². The monoisotopic (exact) mass is 486 g/mol. The van der Waals surface area contributed by atoms with E-state index in [0.717, 1.165) is 22.8 Å². The number of rotatable bonds is 7. The number of aryl methyl sites for hydroxylation is 1. The van der Waals surface area contributed by atoms with Crippen molar-refractivity contribution in [1.82, 2.24) is 14.0 Å². The molecule has 0 radical (unpaired) electrons. The summed E-state index contributed by atoms with van der Waals surface area (Å²) in [5.74, 6) is -0.340. The van der Waals surface area contributed by atoms with E-state index in [0.29, 0.717) is 30.4 Å². The molecule has 1 aromatic carbocycles. The van der Waals surface area contributed by atoms with E-state index in [2.05, 4.69) is 10.1 Å². The highest BCUT2D eigenvalue weighted by molar-refractivity contribution is 7.89. The average Bonchev–Trinajstić information content (AvgIpc) is 3.60. The first kappa shape index (κ1) is 22.1. The van der Waals surface area contributed by atoms with Gasteiger partial charge in [0.1, 0.15) is 0 Å². The summed E-state index contributed by atoms with van der Waals surface area (Å²) < 4.78 is 67.8. The summed E-state index contributed by atoms with van der Waals surface area (Å²) in [7, 11) is -4.02. The van der Waals surface area contributed by atoms with Crippen molar-refractivity contribution in [1.29, 1.82) is 0 Å². The van der Waals surface area contributed by atoms with E-state index in [1.165, 1.54) is 0 Å². The van der Waals surface area contributed by atoms with Crippen molar-refractivity contribution in [3.8, 4) is 0 Å². The standard InChI is InChI=1S/C20H21F3N4O5S/c1-18(4-5-18)25-33(31,32)12-2-3-14-13(8-12)15(28)27(24-16(29)19-9-11(19)10-19)17(30)26(14)7-6-20(21,22)23/h2-3,8,11,25H,4-7,9-10H2,1H3,(H,24,29). The lowest BCUT2D eigenvalue weighted by atomic mass is 10.2. The Morgan fingerprint density at radius 3 is 2.39 bits per heavy atom. The lowest BCUT2D eigenvalue weighted by molar-refractivity contribution is -0.136. The highest BCUT2D eigenvalue weighted by Gasteiger charge is 2.74. The van der Waals surface area contributed by atoms with Gasteiger partial charge in [0.25, 0.3) is 5.56 Å². The molecule has 0 bridgehead atoms. The Morgan fingerprint density at radius 1 is 1.21 bits per heavy atom. The van der Waals surface area contributed by atoms with Crippen molar-refractivity contribution in [2.75, 3.05) is 5.43 Å². The molecule has 5 rings (SSSR count). The number of carbonyl (C=O) groups excluding carboxylic acids is 1. The number of amides is 1. The Labute approximate surface area is 185 Å². The molecule has 0 unspecified atom stereocenters. The summed E-state index contributed by atoms with van der Waals surface area (Å²) in [5.41, 5.74) is -1.22. The number of nitrogens with zero attached hydrogens (tertiary/aromatic N) is 2. The first-order chi connectivity index (χ1) is 15.2. The molecule has 3 aliphatic rings. The second-order valence-electron chi connectivity index (χ2n) is 9.49. The van der Waals surface area contributed by atoms with Crippen LogP contribution in [-0.4, -0.2) is 35.3 Å². The number of benzene rings is 1. The first-order valence-corrected chi connectivity index (χ1v) is 11.9. The molecule has 1 amide bonds. The van der Waals surface area contributed by atoms with E-state index >= 15 is 0 Å². The largest absolute Gasteiger partial charge is 0.390 e. The number of aromatic nitrogens is 2. The maximum absolute atomic E-state index is 13.1. The van der Waals surface area contributed by atoms with Crippen LogP contribution in [0.1, 0.15) is 39.0 Å². The molecule has 9 nitrogen and oxygen atoms in total. The molecule has 0 atom stereocenters. The number of halogens is 3. The summed E-state index contributed by atoms with van der Waals surface area (Å²) in [6.45, 7) is 0.927. The molecular formula is C20H21F3N4O5S. The summed E-state index contributed by atoms with van der Waals surface area (Å²) in [4.78, 5) is 38.2. The SMILES string of the molecule is CC1(NS(=O)(=O)c2ccc3c(c2)c(=O)n(NC(=O)C24CC2C4)c(=O)n3CCC(F)(F)F)CC1. The Morgan fingerprint density at radius 2 is 1.85 bits per heavy atom. The van der Waals surface area contributed by atoms with Crippen molar-refractivity contribution >= 4 is 26.8 Å². The minimum Gasteiger partial charge on any atom is -0.291 e. The highest BCUT2D eigenvalue weighted by Crippen LogP contribution is 2.75. The summed E-state index contributed by atoms with van der Waals surface area (Å²) in [6.07, 6.45) is -3.35. The van der Waals surface area contributed by atoms with Crippen molar-refractivity contribution in [3.63, 3.8) is 0 Å². The van der Waals surface area contributed by atoms with Gasteiger partial charge in [0, 0.05) is 12.1 Å². The van der Waals surface area contributed by atoms with Crippen LogP contribution in [0, 0.1) is 11.3 Å². The second kappa shape index (κ2) is 6.69. The molecule has 0 saturated heterocycles. The first-order valence-electron chi connectivity index (χ1n) is 10.5. The number of hydrogen-bond donors (Lipinski definition) is 2. The van der Waals surface area contributed by atoms with E-state index in [1.807, 2.05) is 0 Å². The second-order valence-corrected chi connectivity index (χ2v) is 11.2. The van der Waals surface area contributed by atoms with Crippen molar-refractivity contribution < 1.29 is 26.4 Å². The molecule has 0 aliphatic heterocycles. The lowest BCUT2D eigenvalue weighted by Crippen LogP contribution is -2.48. The zero-order valence-corrected chi connectivity index (χ0v) is 18.3. The van der Waals surface area contributed by atoms with Gasteiger partial charge in [0.05, 0.1) is 27.6 Å². The molecule has 178 valence electrons. The molecule has 2 aromatic rings. The lowest BCUT2D eigenvalue weighted by Gasteiger charge is -2.17. The van der Waals surface area contributed by atoms with Gasteiger partial charge in [-0.25, -0.2) is 17.9 Å². The maximum atomic E-state index is 13.1. The summed E-state index contributed by atoms with van der Waals surface area (Å²) in [6, 6.07) is 3.30. The zero-order valence-electron chi connectivity index (χ0n) is 17.5. The van der Waals surface area contributed by atoms with E-state index in [9.17, 15) is 36.0 Å². The van der Waals surface area contributed by atoms with Gasteiger partial charge in [-0.15, -0.1) is 0 Å². The number of hydrogen-bond acceptors (Lipinski definition) is 5. The Kier molecular flexibility index (Phi) is 4.49. The maximum Gasteiger partial charge on any atom is 0.390 e. The van der Waals surface area contributed by atoms with Crippen LogP contribution in [-0.2, 0) is 21.4 Å². The van der Waals surface area contributed by atoms with Crippen LogP contribution in [0.4, 0.5) is 13.2 Å². The minimum atomic E-state index is -4.57. The van der Waals surface area contributed by atoms with Gasteiger partial charge in [0.15, 0.2) is 0 Å². The van der Waals surface area contributed by atoms with E-state index in [1.54, 1.807) is 6.92 Å². The smallest absolute Gasteiger partial charge is 0.291 e. The number of nitrogens with one attached hydrogen (secondary N) is 2. The molecule has 1 heterocycles. The van der Waals surface area contributed by atoms with Crippen molar-refractivity contribution in [2.24, 2.45) is 11.3 Å². The number of fused-ring (bicyclic) bond motifs is 2. The molecule has 3 aliphatic carbocycles. The van der Waals surface area contributed by atoms with Gasteiger partial charge in [-0.3, -0.25) is 19.6 Å². The van der Waals surface area contributed by atoms with Crippen LogP contribution < -0.4 is 21.4 Å². The van der Waals surface area contributed by atoms with Crippen LogP contribution in [0.2, 0.25) is 0 Å². The predicted octanol–water partition coefficient (Wildman–Crippen LogP) is 1.43. The highest BCUT2D eigenvalue weighted by atomic mass is 32.2. The average molecular weight is 486 g/mol. The molecule has 13 heteroatoms. The molecule has 3 saturated carbocycles. The fourth-order valence-electron chi connectivity index (χ4n) is 4.03. The Balaban J connectivity index is 1.62. The third-order valence-electron chi connectivity index (χ3n) is 6.77. The van der Waals surface area contributed by atoms with E-state index in [-0.39, 0.29) is 21.7 Å². The quantitative estimate of drug-likeness (QED) is 0.614. The van der Waals surface area contributed by atoms with Crippen molar-refractivity contribution in [2.45, 2.75) is 62.2 Å². The zero-order chi connectivity index (χ0) is 24.0. The summed E-state index contributed by atoms with van der Waals surface area (Å²) >= 11 is 0. The molecule has 3 fully saturated rings. The molecule has 1 aromatic heterocycles. The van der Waals surface area contributed by atoms with Crippen LogP contribution >= 0.6 is 0 Å². The van der Waals surface area contributed by atoms with Gasteiger partial charge in [0.2, 0.25) is 15.9 Å². The summed E-state index contributed by atoms with van der Waals surface area (Å²) in [5, 5.41) is -0.290. The van der Waals surface area contributed by atoms with Gasteiger partial charge in [-0.2, -0.15) is 17.8 Å². The van der Waals surface area contributed by atoms with Gasteiger partial charge >= 0.3 is 11.9 Å². The number of sulfonamides is 1. The van der Waals surface area contributed by atoms with E-state index < -0.39 is 57.3 Å². The Bertz CT molecular complexity index is 1420. The van der Waals surface area contributed by atoms with Crippen LogP contribution in [0.25, 0.3) is 10.9 Å². The molecule has 33 heavy (non-hydrogen) atoms. The third kappa shape index (κ3) is 3.86.